The van der Waals surface area contributed by atoms with Gasteiger partial charge in [0.05, 0.1) is 5.69 Å². The van der Waals surface area contributed by atoms with Crippen molar-refractivity contribution in [1.82, 2.24) is 15.3 Å². The zero-order chi connectivity index (χ0) is 18.4. The highest BCUT2D eigenvalue weighted by Gasteiger charge is 2.16. The molecule has 1 aliphatic heterocycles. The Morgan fingerprint density at radius 1 is 1.31 bits per heavy atom. The molecule has 0 unspecified atom stereocenters. The lowest BCUT2D eigenvalue weighted by atomic mass is 10.1. The van der Waals surface area contributed by atoms with Crippen LogP contribution in [0.2, 0.25) is 0 Å². The van der Waals surface area contributed by atoms with E-state index in [-0.39, 0.29) is 0 Å². The lowest BCUT2D eigenvalue weighted by molar-refractivity contribution is 0.1000. The van der Waals surface area contributed by atoms with Gasteiger partial charge in [-0.25, -0.2) is 4.98 Å². The predicted molar refractivity (Wildman–Crippen MR) is 101 cm³/mol. The highest BCUT2D eigenvalue weighted by molar-refractivity contribution is 5.94. The number of aryl methyl sites for hydroxylation is 1. The first-order valence-electron chi connectivity index (χ1n) is 8.89. The second kappa shape index (κ2) is 8.73. The smallest absolute Gasteiger partial charge is 0.248 e. The van der Waals surface area contributed by atoms with E-state index in [1.807, 2.05) is 12.1 Å². The van der Waals surface area contributed by atoms with Crippen LogP contribution in [-0.2, 0) is 11.2 Å². The average Bonchev–Trinajstić information content (AvgIpc) is 2.69. The van der Waals surface area contributed by atoms with Crippen LogP contribution in [0.4, 0.5) is 5.82 Å². The van der Waals surface area contributed by atoms with Gasteiger partial charge >= 0.3 is 0 Å². The van der Waals surface area contributed by atoms with Gasteiger partial charge in [0, 0.05) is 62.9 Å². The standard InChI is InChI=1S/C19H25N5O2/c1-26-10-2-3-16-11-14(4-5-22-16)17-12-15(19(20)25)13-18(23-17)24-8-6-21-7-9-24/h4-5,11-13,21H,2-3,6-10H2,1H3,(H2,20,25). The molecule has 138 valence electrons. The minimum absolute atomic E-state index is 0.445. The zero-order valence-electron chi connectivity index (χ0n) is 15.1. The predicted octanol–water partition coefficient (Wildman–Crippen LogP) is 1.23. The third-order valence-electron chi connectivity index (χ3n) is 4.43. The molecule has 0 aliphatic carbocycles. The number of primary amides is 1. The Labute approximate surface area is 153 Å². The molecule has 0 saturated carbocycles. The molecular weight excluding hydrogens is 330 g/mol. The molecule has 1 fully saturated rings. The van der Waals surface area contributed by atoms with Gasteiger partial charge in [-0.15, -0.1) is 0 Å². The Balaban J connectivity index is 1.91. The van der Waals surface area contributed by atoms with Crippen LogP contribution < -0.4 is 16.0 Å². The summed E-state index contributed by atoms with van der Waals surface area (Å²) < 4.78 is 5.10. The van der Waals surface area contributed by atoms with Gasteiger partial charge in [-0.2, -0.15) is 0 Å². The van der Waals surface area contributed by atoms with Gasteiger partial charge in [0.1, 0.15) is 5.82 Å². The summed E-state index contributed by atoms with van der Waals surface area (Å²) in [5, 5.41) is 3.32. The molecule has 0 spiro atoms. The Bertz CT molecular complexity index is 759. The minimum Gasteiger partial charge on any atom is -0.385 e. The number of carbonyl (C=O) groups excluding carboxylic acids is 1. The molecule has 1 aliphatic rings. The van der Waals surface area contributed by atoms with Gasteiger partial charge in [-0.1, -0.05) is 0 Å². The average molecular weight is 355 g/mol. The molecule has 1 amide bonds. The van der Waals surface area contributed by atoms with Crippen molar-refractivity contribution in [3.05, 3.63) is 41.7 Å². The largest absolute Gasteiger partial charge is 0.385 e. The molecule has 0 aromatic carbocycles. The molecule has 3 heterocycles. The molecule has 2 aromatic rings. The SMILES string of the molecule is COCCCc1cc(-c2cc(C(N)=O)cc(N3CCNCC3)n2)ccn1. The number of ether oxygens (including phenoxy) is 1. The summed E-state index contributed by atoms with van der Waals surface area (Å²) in [5.41, 5.74) is 8.68. The molecule has 7 nitrogen and oxygen atoms in total. The molecule has 0 atom stereocenters. The van der Waals surface area contributed by atoms with E-state index >= 15 is 0 Å². The highest BCUT2D eigenvalue weighted by Crippen LogP contribution is 2.24. The molecule has 2 aromatic heterocycles. The lowest BCUT2D eigenvalue weighted by Gasteiger charge is -2.29. The van der Waals surface area contributed by atoms with Crippen molar-refractivity contribution >= 4 is 11.7 Å². The van der Waals surface area contributed by atoms with Crippen molar-refractivity contribution in [2.45, 2.75) is 12.8 Å². The topological polar surface area (TPSA) is 93.4 Å². The van der Waals surface area contributed by atoms with Crippen LogP contribution in [0.25, 0.3) is 11.3 Å². The van der Waals surface area contributed by atoms with E-state index in [1.54, 1.807) is 25.4 Å². The van der Waals surface area contributed by atoms with Gasteiger partial charge in [0.25, 0.3) is 0 Å². The monoisotopic (exact) mass is 355 g/mol. The Morgan fingerprint density at radius 3 is 2.85 bits per heavy atom. The molecule has 0 radical (unpaired) electrons. The number of hydrogen-bond acceptors (Lipinski definition) is 6. The maximum Gasteiger partial charge on any atom is 0.248 e. The zero-order valence-corrected chi connectivity index (χ0v) is 15.1. The Kier molecular flexibility index (Phi) is 6.14. The van der Waals surface area contributed by atoms with Gasteiger partial charge in [0.15, 0.2) is 0 Å². The van der Waals surface area contributed by atoms with Gasteiger partial charge in [-0.05, 0) is 37.1 Å². The van der Waals surface area contributed by atoms with Crippen LogP contribution in [-0.4, -0.2) is 55.8 Å². The summed E-state index contributed by atoms with van der Waals surface area (Å²) in [6.07, 6.45) is 3.52. The van der Waals surface area contributed by atoms with Gasteiger partial charge in [-0.3, -0.25) is 9.78 Å². The van der Waals surface area contributed by atoms with Crippen LogP contribution in [0.15, 0.2) is 30.5 Å². The summed E-state index contributed by atoms with van der Waals surface area (Å²) in [6, 6.07) is 7.46. The summed E-state index contributed by atoms with van der Waals surface area (Å²) >= 11 is 0. The molecule has 7 heteroatoms. The van der Waals surface area contributed by atoms with Crippen molar-refractivity contribution < 1.29 is 9.53 Å². The molecule has 1 saturated heterocycles. The van der Waals surface area contributed by atoms with E-state index in [0.29, 0.717) is 12.2 Å². The molecule has 26 heavy (non-hydrogen) atoms. The summed E-state index contributed by atoms with van der Waals surface area (Å²) in [5.74, 6) is 0.343. The maximum atomic E-state index is 11.8. The lowest BCUT2D eigenvalue weighted by Crippen LogP contribution is -2.44. The van der Waals surface area contributed by atoms with Crippen LogP contribution in [0, 0.1) is 0 Å². The number of pyridine rings is 2. The maximum absolute atomic E-state index is 11.8. The minimum atomic E-state index is -0.445. The number of piperazine rings is 1. The van der Waals surface area contributed by atoms with Gasteiger partial charge in [0.2, 0.25) is 5.91 Å². The second-order valence-corrected chi connectivity index (χ2v) is 6.33. The van der Waals surface area contributed by atoms with Crippen molar-refractivity contribution in [1.29, 1.82) is 0 Å². The first-order chi connectivity index (χ1) is 12.7. The number of aromatic nitrogens is 2. The molecular formula is C19H25N5O2. The molecule has 3 N–H and O–H groups in total. The number of nitrogens with one attached hydrogen (secondary N) is 1. The van der Waals surface area contributed by atoms with E-state index in [9.17, 15) is 4.79 Å². The number of anilines is 1. The van der Waals surface area contributed by atoms with Crippen LogP contribution in [0.1, 0.15) is 22.5 Å². The van der Waals surface area contributed by atoms with E-state index in [4.69, 9.17) is 15.5 Å². The summed E-state index contributed by atoms with van der Waals surface area (Å²) in [4.78, 5) is 23.2. The number of rotatable bonds is 7. The highest BCUT2D eigenvalue weighted by atomic mass is 16.5. The van der Waals surface area contributed by atoms with Crippen molar-refractivity contribution in [2.24, 2.45) is 5.73 Å². The molecule has 3 rings (SSSR count). The summed E-state index contributed by atoms with van der Waals surface area (Å²) in [7, 11) is 1.70. The quantitative estimate of drug-likeness (QED) is 0.726. The van der Waals surface area contributed by atoms with E-state index in [0.717, 1.165) is 61.8 Å². The third kappa shape index (κ3) is 4.56. The van der Waals surface area contributed by atoms with Crippen LogP contribution >= 0.6 is 0 Å². The first kappa shape index (κ1) is 18.3. The van der Waals surface area contributed by atoms with Crippen LogP contribution in [0.5, 0.6) is 0 Å². The van der Waals surface area contributed by atoms with E-state index < -0.39 is 5.91 Å². The fourth-order valence-electron chi connectivity index (χ4n) is 3.03. The number of amides is 1. The molecule has 0 bridgehead atoms. The van der Waals surface area contributed by atoms with Crippen molar-refractivity contribution in [2.75, 3.05) is 44.8 Å². The fourth-order valence-corrected chi connectivity index (χ4v) is 3.03. The number of hydrogen-bond donors (Lipinski definition) is 2. The first-order valence-corrected chi connectivity index (χ1v) is 8.89. The van der Waals surface area contributed by atoms with Crippen LogP contribution in [0.3, 0.4) is 0 Å². The Hall–Kier alpha value is -2.51. The summed E-state index contributed by atoms with van der Waals surface area (Å²) in [6.45, 7) is 4.21. The fraction of sp³-hybridized carbons (Fsp3) is 0.421. The van der Waals surface area contributed by atoms with Gasteiger partial charge < -0.3 is 20.7 Å². The number of carbonyl (C=O) groups is 1. The van der Waals surface area contributed by atoms with Crippen molar-refractivity contribution in [3.63, 3.8) is 0 Å². The number of nitrogens with two attached hydrogens (primary N) is 1. The second-order valence-electron chi connectivity index (χ2n) is 6.33. The van der Waals surface area contributed by atoms with E-state index in [1.165, 1.54) is 0 Å². The van der Waals surface area contributed by atoms with E-state index in [2.05, 4.69) is 15.2 Å². The normalized spacial score (nSPS) is 14.4. The number of nitrogens with zero attached hydrogens (tertiary/aromatic N) is 3. The Morgan fingerprint density at radius 2 is 2.12 bits per heavy atom. The number of methoxy groups -OCH3 is 1. The van der Waals surface area contributed by atoms with Crippen molar-refractivity contribution in [3.8, 4) is 11.3 Å². The third-order valence-corrected chi connectivity index (χ3v) is 4.43.